The maximum absolute atomic E-state index is 12.3. The number of rotatable bonds is 3. The van der Waals surface area contributed by atoms with Gasteiger partial charge in [-0.1, -0.05) is 19.1 Å². The van der Waals surface area contributed by atoms with Crippen molar-refractivity contribution in [2.24, 2.45) is 5.92 Å². The summed E-state index contributed by atoms with van der Waals surface area (Å²) in [5.41, 5.74) is 0.607. The fourth-order valence-electron chi connectivity index (χ4n) is 1.92. The molecule has 1 aromatic rings. The first-order valence-electron chi connectivity index (χ1n) is 5.84. The zero-order valence-electron chi connectivity index (χ0n) is 9.93. The van der Waals surface area contributed by atoms with Gasteiger partial charge in [0, 0.05) is 13.2 Å². The Morgan fingerprint density at radius 2 is 2.24 bits per heavy atom. The van der Waals surface area contributed by atoms with Crippen molar-refractivity contribution in [3.63, 3.8) is 0 Å². The van der Waals surface area contributed by atoms with Gasteiger partial charge in [0.2, 0.25) is 0 Å². The van der Waals surface area contributed by atoms with Crippen molar-refractivity contribution < 1.29 is 14.6 Å². The molecule has 92 valence electrons. The SMILES string of the molecule is CC(CO)CN1CCOc2ccccc2C1=O. The number of ether oxygens (including phenoxy) is 1. The Bertz CT molecular complexity index is 405. The maximum Gasteiger partial charge on any atom is 0.257 e. The van der Waals surface area contributed by atoms with E-state index < -0.39 is 0 Å². The van der Waals surface area contributed by atoms with Gasteiger partial charge in [0.1, 0.15) is 12.4 Å². The van der Waals surface area contributed by atoms with E-state index in [9.17, 15) is 4.79 Å². The van der Waals surface area contributed by atoms with E-state index in [0.717, 1.165) is 0 Å². The topological polar surface area (TPSA) is 49.8 Å². The van der Waals surface area contributed by atoms with Gasteiger partial charge < -0.3 is 14.7 Å². The van der Waals surface area contributed by atoms with Crippen molar-refractivity contribution >= 4 is 5.91 Å². The lowest BCUT2D eigenvalue weighted by Crippen LogP contribution is -2.36. The molecule has 4 nitrogen and oxygen atoms in total. The lowest BCUT2D eigenvalue weighted by Gasteiger charge is -2.22. The van der Waals surface area contributed by atoms with Crippen LogP contribution in [-0.2, 0) is 0 Å². The molecular formula is C13H17NO3. The Labute approximate surface area is 101 Å². The second kappa shape index (κ2) is 5.19. The fraction of sp³-hybridized carbons (Fsp3) is 0.462. The number of fused-ring (bicyclic) bond motifs is 1. The summed E-state index contributed by atoms with van der Waals surface area (Å²) in [6.45, 7) is 3.64. The summed E-state index contributed by atoms with van der Waals surface area (Å²) in [5.74, 6) is 0.722. The maximum atomic E-state index is 12.3. The van der Waals surface area contributed by atoms with Gasteiger partial charge in [-0.05, 0) is 18.1 Å². The van der Waals surface area contributed by atoms with Gasteiger partial charge in [-0.3, -0.25) is 4.79 Å². The van der Waals surface area contributed by atoms with E-state index in [0.29, 0.717) is 31.0 Å². The third kappa shape index (κ3) is 2.58. The zero-order valence-corrected chi connectivity index (χ0v) is 9.93. The molecule has 0 spiro atoms. The van der Waals surface area contributed by atoms with Crippen LogP contribution in [0.15, 0.2) is 24.3 Å². The van der Waals surface area contributed by atoms with Gasteiger partial charge >= 0.3 is 0 Å². The molecular weight excluding hydrogens is 218 g/mol. The van der Waals surface area contributed by atoms with Gasteiger partial charge in [0.25, 0.3) is 5.91 Å². The number of benzene rings is 1. The largest absolute Gasteiger partial charge is 0.491 e. The minimum atomic E-state index is -0.0154. The number of para-hydroxylation sites is 1. The van der Waals surface area contributed by atoms with Crippen molar-refractivity contribution in [1.82, 2.24) is 4.90 Å². The summed E-state index contributed by atoms with van der Waals surface area (Å²) in [5, 5.41) is 9.05. The van der Waals surface area contributed by atoms with Crippen LogP contribution in [0, 0.1) is 5.92 Å². The fourth-order valence-corrected chi connectivity index (χ4v) is 1.92. The monoisotopic (exact) mass is 235 g/mol. The number of hydrogen-bond acceptors (Lipinski definition) is 3. The summed E-state index contributed by atoms with van der Waals surface area (Å²) in [6, 6.07) is 7.28. The minimum Gasteiger partial charge on any atom is -0.491 e. The molecule has 0 aliphatic carbocycles. The van der Waals surface area contributed by atoms with Crippen LogP contribution in [-0.4, -0.2) is 42.2 Å². The number of hydrogen-bond donors (Lipinski definition) is 1. The second-order valence-electron chi connectivity index (χ2n) is 4.38. The highest BCUT2D eigenvalue weighted by Crippen LogP contribution is 2.22. The Kier molecular flexibility index (Phi) is 3.64. The summed E-state index contributed by atoms with van der Waals surface area (Å²) >= 11 is 0. The molecule has 1 aliphatic rings. The first kappa shape index (κ1) is 11.9. The molecule has 1 heterocycles. The van der Waals surface area contributed by atoms with E-state index >= 15 is 0 Å². The van der Waals surface area contributed by atoms with Gasteiger partial charge in [0.05, 0.1) is 12.1 Å². The predicted molar refractivity (Wildman–Crippen MR) is 64.1 cm³/mol. The smallest absolute Gasteiger partial charge is 0.257 e. The molecule has 1 aliphatic heterocycles. The Morgan fingerprint density at radius 3 is 3.00 bits per heavy atom. The third-order valence-corrected chi connectivity index (χ3v) is 2.87. The summed E-state index contributed by atoms with van der Waals surface area (Å²) in [4.78, 5) is 14.0. The molecule has 1 unspecified atom stereocenters. The van der Waals surface area contributed by atoms with E-state index in [4.69, 9.17) is 9.84 Å². The Hall–Kier alpha value is -1.55. The van der Waals surface area contributed by atoms with E-state index in [2.05, 4.69) is 0 Å². The Morgan fingerprint density at radius 1 is 1.47 bits per heavy atom. The average Bonchev–Trinajstić information content (AvgIpc) is 2.51. The van der Waals surface area contributed by atoms with Crippen molar-refractivity contribution in [1.29, 1.82) is 0 Å². The molecule has 0 aromatic heterocycles. The van der Waals surface area contributed by atoms with Crippen LogP contribution in [0.25, 0.3) is 0 Å². The number of aliphatic hydroxyl groups is 1. The Balaban J connectivity index is 2.20. The number of carbonyl (C=O) groups excluding carboxylic acids is 1. The van der Waals surface area contributed by atoms with Gasteiger partial charge in [0.15, 0.2) is 0 Å². The molecule has 0 fully saturated rings. The lowest BCUT2D eigenvalue weighted by molar-refractivity contribution is 0.0708. The van der Waals surface area contributed by atoms with Crippen molar-refractivity contribution in [3.8, 4) is 5.75 Å². The molecule has 17 heavy (non-hydrogen) atoms. The first-order chi connectivity index (χ1) is 8.22. The van der Waals surface area contributed by atoms with Crippen LogP contribution >= 0.6 is 0 Å². The summed E-state index contributed by atoms with van der Waals surface area (Å²) < 4.78 is 5.54. The molecule has 0 radical (unpaired) electrons. The summed E-state index contributed by atoms with van der Waals surface area (Å²) in [7, 11) is 0. The molecule has 1 N–H and O–H groups in total. The van der Waals surface area contributed by atoms with Crippen LogP contribution in [0.2, 0.25) is 0 Å². The van der Waals surface area contributed by atoms with Gasteiger partial charge in [-0.25, -0.2) is 0 Å². The van der Waals surface area contributed by atoms with Crippen LogP contribution < -0.4 is 4.74 Å². The third-order valence-electron chi connectivity index (χ3n) is 2.87. The number of nitrogens with zero attached hydrogens (tertiary/aromatic N) is 1. The second-order valence-corrected chi connectivity index (χ2v) is 4.38. The molecule has 1 atom stereocenters. The van der Waals surface area contributed by atoms with Crippen LogP contribution in [0.4, 0.5) is 0 Å². The van der Waals surface area contributed by atoms with Crippen molar-refractivity contribution in [3.05, 3.63) is 29.8 Å². The van der Waals surface area contributed by atoms with Crippen LogP contribution in [0.5, 0.6) is 5.75 Å². The standard InChI is InChI=1S/C13H17NO3/c1-10(9-15)8-14-6-7-17-12-5-3-2-4-11(12)13(14)16/h2-5,10,15H,6-9H2,1H3. The quantitative estimate of drug-likeness (QED) is 0.855. The highest BCUT2D eigenvalue weighted by atomic mass is 16.5. The molecule has 0 bridgehead atoms. The number of aliphatic hydroxyl groups excluding tert-OH is 1. The molecule has 4 heteroatoms. The highest BCUT2D eigenvalue weighted by molar-refractivity contribution is 5.97. The van der Waals surface area contributed by atoms with E-state index in [1.165, 1.54) is 0 Å². The van der Waals surface area contributed by atoms with E-state index in [1.54, 1.807) is 11.0 Å². The number of carbonyl (C=O) groups is 1. The molecule has 0 saturated heterocycles. The van der Waals surface area contributed by atoms with Gasteiger partial charge in [-0.15, -0.1) is 0 Å². The van der Waals surface area contributed by atoms with Crippen LogP contribution in [0.1, 0.15) is 17.3 Å². The minimum absolute atomic E-state index is 0.0154. The van der Waals surface area contributed by atoms with Gasteiger partial charge in [-0.2, -0.15) is 0 Å². The van der Waals surface area contributed by atoms with Crippen LogP contribution in [0.3, 0.4) is 0 Å². The van der Waals surface area contributed by atoms with E-state index in [-0.39, 0.29) is 18.4 Å². The predicted octanol–water partition coefficient (Wildman–Crippen LogP) is 1.15. The van der Waals surface area contributed by atoms with E-state index in [1.807, 2.05) is 25.1 Å². The average molecular weight is 235 g/mol. The molecule has 1 aromatic carbocycles. The molecule has 1 amide bonds. The molecule has 2 rings (SSSR count). The molecule has 0 saturated carbocycles. The van der Waals surface area contributed by atoms with Crippen molar-refractivity contribution in [2.45, 2.75) is 6.92 Å². The number of amides is 1. The lowest BCUT2D eigenvalue weighted by atomic mass is 10.1. The zero-order chi connectivity index (χ0) is 12.3. The first-order valence-corrected chi connectivity index (χ1v) is 5.84. The highest BCUT2D eigenvalue weighted by Gasteiger charge is 2.23. The summed E-state index contributed by atoms with van der Waals surface area (Å²) in [6.07, 6.45) is 0. The van der Waals surface area contributed by atoms with Crippen molar-refractivity contribution in [2.75, 3.05) is 26.3 Å². The normalized spacial score (nSPS) is 17.1.